The molecule has 1 amide bonds. The van der Waals surface area contributed by atoms with Crippen LogP contribution in [0.4, 0.5) is 0 Å². The van der Waals surface area contributed by atoms with E-state index in [2.05, 4.69) is 5.32 Å². The quantitative estimate of drug-likeness (QED) is 0.327. The number of carbonyl (C=O) groups is 1. The van der Waals surface area contributed by atoms with Crippen molar-refractivity contribution in [3.05, 3.63) is 93.8 Å². The third-order valence-electron chi connectivity index (χ3n) is 5.47. The molecule has 1 aromatic heterocycles. The molecule has 0 aliphatic carbocycles. The van der Waals surface area contributed by atoms with E-state index in [9.17, 15) is 9.59 Å². The van der Waals surface area contributed by atoms with Gasteiger partial charge in [0.15, 0.2) is 5.16 Å². The molecule has 7 heteroatoms. The van der Waals surface area contributed by atoms with Crippen molar-refractivity contribution in [3.8, 4) is 11.4 Å². The van der Waals surface area contributed by atoms with Gasteiger partial charge >= 0.3 is 0 Å². The standard InChI is InChI=1S/C26H25N3O3S/c1-17-8-11-20(14-18(17)2)29-25(31)22-6-4-5-7-23(22)28-26(29)33-16-24(30)27-15-19-9-12-21(32-3)13-10-19/h4-14H,15-16H2,1-3H3,(H,27,30). The highest BCUT2D eigenvalue weighted by Crippen LogP contribution is 2.22. The minimum Gasteiger partial charge on any atom is -0.497 e. The van der Waals surface area contributed by atoms with Gasteiger partial charge in [0.05, 0.1) is 29.5 Å². The summed E-state index contributed by atoms with van der Waals surface area (Å²) in [5.74, 6) is 0.781. The van der Waals surface area contributed by atoms with Crippen LogP contribution in [0.3, 0.4) is 0 Å². The zero-order valence-corrected chi connectivity index (χ0v) is 19.6. The second-order valence-electron chi connectivity index (χ2n) is 7.73. The molecule has 1 N–H and O–H groups in total. The summed E-state index contributed by atoms with van der Waals surface area (Å²) >= 11 is 1.25. The topological polar surface area (TPSA) is 73.2 Å². The Hall–Kier alpha value is -3.58. The Morgan fingerprint density at radius 1 is 1.03 bits per heavy atom. The molecule has 0 saturated heterocycles. The molecule has 0 unspecified atom stereocenters. The number of fused-ring (bicyclic) bond motifs is 1. The number of nitrogens with one attached hydrogen (secondary N) is 1. The molecular formula is C26H25N3O3S. The number of nitrogens with zero attached hydrogens (tertiary/aromatic N) is 2. The van der Waals surface area contributed by atoms with Gasteiger partial charge in [0.25, 0.3) is 5.56 Å². The normalized spacial score (nSPS) is 10.9. The number of methoxy groups -OCH3 is 1. The number of benzene rings is 3. The maximum absolute atomic E-state index is 13.4. The molecule has 6 nitrogen and oxygen atoms in total. The van der Waals surface area contributed by atoms with Crippen LogP contribution in [0.2, 0.25) is 0 Å². The Morgan fingerprint density at radius 2 is 1.79 bits per heavy atom. The summed E-state index contributed by atoms with van der Waals surface area (Å²) in [6, 6.07) is 20.7. The molecule has 0 atom stereocenters. The van der Waals surface area contributed by atoms with Crippen LogP contribution in [0.5, 0.6) is 5.75 Å². The van der Waals surface area contributed by atoms with E-state index in [0.717, 1.165) is 28.1 Å². The first-order valence-corrected chi connectivity index (χ1v) is 11.6. The van der Waals surface area contributed by atoms with Crippen molar-refractivity contribution in [1.82, 2.24) is 14.9 Å². The predicted octanol–water partition coefficient (Wildman–Crippen LogP) is 4.42. The van der Waals surface area contributed by atoms with E-state index in [-0.39, 0.29) is 17.2 Å². The Kier molecular flexibility index (Phi) is 6.79. The molecule has 3 aromatic carbocycles. The van der Waals surface area contributed by atoms with E-state index in [0.29, 0.717) is 22.6 Å². The monoisotopic (exact) mass is 459 g/mol. The van der Waals surface area contributed by atoms with Crippen LogP contribution in [0.25, 0.3) is 16.6 Å². The van der Waals surface area contributed by atoms with Crippen LogP contribution in [0.15, 0.2) is 76.7 Å². The fraction of sp³-hybridized carbons (Fsp3) is 0.192. The highest BCUT2D eigenvalue weighted by Gasteiger charge is 2.15. The van der Waals surface area contributed by atoms with Crippen LogP contribution in [-0.2, 0) is 11.3 Å². The second kappa shape index (κ2) is 9.92. The number of hydrogen-bond acceptors (Lipinski definition) is 5. The van der Waals surface area contributed by atoms with Crippen LogP contribution in [0.1, 0.15) is 16.7 Å². The Labute approximate surface area is 196 Å². The minimum absolute atomic E-state index is 0.134. The van der Waals surface area contributed by atoms with Crippen LogP contribution >= 0.6 is 11.8 Å². The molecule has 0 saturated carbocycles. The van der Waals surface area contributed by atoms with E-state index in [4.69, 9.17) is 9.72 Å². The van der Waals surface area contributed by atoms with Crippen molar-refractivity contribution in [2.75, 3.05) is 12.9 Å². The maximum Gasteiger partial charge on any atom is 0.266 e. The van der Waals surface area contributed by atoms with E-state index < -0.39 is 0 Å². The molecule has 0 radical (unpaired) electrons. The summed E-state index contributed by atoms with van der Waals surface area (Å²) in [6.45, 7) is 4.46. The fourth-order valence-electron chi connectivity index (χ4n) is 3.43. The molecule has 33 heavy (non-hydrogen) atoms. The SMILES string of the molecule is COc1ccc(CNC(=O)CSc2nc3ccccc3c(=O)n2-c2ccc(C)c(C)c2)cc1. The van der Waals surface area contributed by atoms with Gasteiger partial charge in [0.2, 0.25) is 5.91 Å². The molecule has 4 rings (SSSR count). The molecule has 0 aliphatic heterocycles. The first-order chi connectivity index (χ1) is 16.0. The zero-order valence-electron chi connectivity index (χ0n) is 18.8. The van der Waals surface area contributed by atoms with E-state index in [1.54, 1.807) is 17.7 Å². The highest BCUT2D eigenvalue weighted by atomic mass is 32.2. The van der Waals surface area contributed by atoms with Gasteiger partial charge in [-0.3, -0.25) is 14.2 Å². The summed E-state index contributed by atoms with van der Waals surface area (Å²) in [4.78, 5) is 30.6. The van der Waals surface area contributed by atoms with Gasteiger partial charge in [-0.15, -0.1) is 0 Å². The minimum atomic E-state index is -0.148. The molecule has 168 valence electrons. The van der Waals surface area contributed by atoms with Gasteiger partial charge in [-0.1, -0.05) is 42.1 Å². The molecule has 4 aromatic rings. The molecule has 0 fully saturated rings. The summed E-state index contributed by atoms with van der Waals surface area (Å²) in [6.07, 6.45) is 0. The third-order valence-corrected chi connectivity index (χ3v) is 6.41. The number of aryl methyl sites for hydroxylation is 2. The Balaban J connectivity index is 1.57. The first kappa shape index (κ1) is 22.6. The van der Waals surface area contributed by atoms with Crippen LogP contribution in [0, 0.1) is 13.8 Å². The average Bonchev–Trinajstić information content (AvgIpc) is 2.83. The van der Waals surface area contributed by atoms with Crippen molar-refractivity contribution in [2.45, 2.75) is 25.5 Å². The van der Waals surface area contributed by atoms with Gasteiger partial charge in [-0.25, -0.2) is 4.98 Å². The van der Waals surface area contributed by atoms with Crippen LogP contribution < -0.4 is 15.6 Å². The fourth-order valence-corrected chi connectivity index (χ4v) is 4.27. The Morgan fingerprint density at radius 3 is 2.52 bits per heavy atom. The number of carbonyl (C=O) groups excluding carboxylic acids is 1. The van der Waals surface area contributed by atoms with Crippen molar-refractivity contribution < 1.29 is 9.53 Å². The van der Waals surface area contributed by atoms with E-state index in [1.165, 1.54) is 11.8 Å². The summed E-state index contributed by atoms with van der Waals surface area (Å²) in [7, 11) is 1.62. The summed E-state index contributed by atoms with van der Waals surface area (Å²) in [5.41, 5.74) is 4.41. The number of thioether (sulfide) groups is 1. The van der Waals surface area contributed by atoms with Gasteiger partial charge in [0, 0.05) is 6.54 Å². The molecule has 1 heterocycles. The number of hydrogen-bond donors (Lipinski definition) is 1. The first-order valence-electron chi connectivity index (χ1n) is 10.6. The van der Waals surface area contributed by atoms with Crippen LogP contribution in [-0.4, -0.2) is 28.3 Å². The van der Waals surface area contributed by atoms with E-state index in [1.807, 2.05) is 74.5 Å². The molecule has 0 aliphatic rings. The lowest BCUT2D eigenvalue weighted by molar-refractivity contribution is -0.118. The summed E-state index contributed by atoms with van der Waals surface area (Å²) in [5, 5.41) is 3.95. The average molecular weight is 460 g/mol. The number of para-hydroxylation sites is 1. The number of aromatic nitrogens is 2. The maximum atomic E-state index is 13.4. The largest absolute Gasteiger partial charge is 0.497 e. The lowest BCUT2D eigenvalue weighted by atomic mass is 10.1. The zero-order chi connectivity index (χ0) is 23.4. The lowest BCUT2D eigenvalue weighted by Gasteiger charge is -2.14. The van der Waals surface area contributed by atoms with Crippen molar-refractivity contribution >= 4 is 28.6 Å². The molecule has 0 bridgehead atoms. The van der Waals surface area contributed by atoms with Gasteiger partial charge in [-0.2, -0.15) is 0 Å². The molecule has 0 spiro atoms. The van der Waals surface area contributed by atoms with Crippen molar-refractivity contribution in [3.63, 3.8) is 0 Å². The number of rotatable bonds is 7. The summed E-state index contributed by atoms with van der Waals surface area (Å²) < 4.78 is 6.75. The van der Waals surface area contributed by atoms with Crippen molar-refractivity contribution in [1.29, 1.82) is 0 Å². The smallest absolute Gasteiger partial charge is 0.266 e. The Bertz CT molecular complexity index is 1360. The lowest BCUT2D eigenvalue weighted by Crippen LogP contribution is -2.26. The van der Waals surface area contributed by atoms with Crippen molar-refractivity contribution in [2.24, 2.45) is 0 Å². The number of ether oxygens (including phenoxy) is 1. The second-order valence-corrected chi connectivity index (χ2v) is 8.68. The van der Waals surface area contributed by atoms with E-state index >= 15 is 0 Å². The van der Waals surface area contributed by atoms with Gasteiger partial charge < -0.3 is 10.1 Å². The highest BCUT2D eigenvalue weighted by molar-refractivity contribution is 7.99. The third kappa shape index (κ3) is 5.09. The predicted molar refractivity (Wildman–Crippen MR) is 132 cm³/mol. The number of amides is 1. The van der Waals surface area contributed by atoms with Gasteiger partial charge in [-0.05, 0) is 66.9 Å². The van der Waals surface area contributed by atoms with Gasteiger partial charge in [0.1, 0.15) is 5.75 Å². The molecular weight excluding hydrogens is 434 g/mol.